The quantitative estimate of drug-likeness (QED) is 0.785. The first-order valence-electron chi connectivity index (χ1n) is 6.54. The summed E-state index contributed by atoms with van der Waals surface area (Å²) in [5.41, 5.74) is 6.83. The lowest BCUT2D eigenvalue weighted by Crippen LogP contribution is -1.95. The van der Waals surface area contributed by atoms with Crippen molar-refractivity contribution in [1.29, 1.82) is 0 Å². The highest BCUT2D eigenvalue weighted by Crippen LogP contribution is 2.33. The number of benzene rings is 2. The molecule has 0 bridgehead atoms. The molecular weight excluding hydrogens is 260 g/mol. The molecule has 0 unspecified atom stereocenters. The van der Waals surface area contributed by atoms with Gasteiger partial charge in [0.05, 0.1) is 5.56 Å². The molecule has 0 aliphatic rings. The Hall–Kier alpha value is -2.10. The standard InChI is InChI=1S/C16H17F2NO/c1-2-3-11-4-7-13(8-5-11)20-15-9-6-12(19)10-14(15)16(17)18/h4-10,16H,2-3,19H2,1H3. The lowest BCUT2D eigenvalue weighted by atomic mass is 10.1. The maximum absolute atomic E-state index is 12.9. The summed E-state index contributed by atoms with van der Waals surface area (Å²) < 4.78 is 31.4. The summed E-state index contributed by atoms with van der Waals surface area (Å²) in [6.07, 6.45) is -0.564. The van der Waals surface area contributed by atoms with Gasteiger partial charge in [-0.15, -0.1) is 0 Å². The van der Waals surface area contributed by atoms with Crippen LogP contribution in [-0.2, 0) is 6.42 Å². The van der Waals surface area contributed by atoms with E-state index in [2.05, 4.69) is 6.92 Å². The third-order valence-electron chi connectivity index (χ3n) is 2.96. The van der Waals surface area contributed by atoms with E-state index < -0.39 is 6.43 Å². The van der Waals surface area contributed by atoms with Gasteiger partial charge in [-0.3, -0.25) is 0 Å². The van der Waals surface area contributed by atoms with Crippen molar-refractivity contribution in [3.63, 3.8) is 0 Å². The summed E-state index contributed by atoms with van der Waals surface area (Å²) in [4.78, 5) is 0. The lowest BCUT2D eigenvalue weighted by Gasteiger charge is -2.11. The smallest absolute Gasteiger partial charge is 0.267 e. The summed E-state index contributed by atoms with van der Waals surface area (Å²) in [6.45, 7) is 2.10. The van der Waals surface area contributed by atoms with Crippen molar-refractivity contribution in [1.82, 2.24) is 0 Å². The zero-order valence-corrected chi connectivity index (χ0v) is 11.3. The Balaban J connectivity index is 2.21. The third kappa shape index (κ3) is 3.47. The van der Waals surface area contributed by atoms with E-state index in [0.29, 0.717) is 11.4 Å². The van der Waals surface area contributed by atoms with Gasteiger partial charge in [0.1, 0.15) is 11.5 Å². The van der Waals surface area contributed by atoms with Crippen LogP contribution >= 0.6 is 0 Å². The monoisotopic (exact) mass is 277 g/mol. The van der Waals surface area contributed by atoms with Crippen LogP contribution in [0.15, 0.2) is 42.5 Å². The predicted molar refractivity (Wildman–Crippen MR) is 76.3 cm³/mol. The van der Waals surface area contributed by atoms with Crippen LogP contribution in [0.3, 0.4) is 0 Å². The topological polar surface area (TPSA) is 35.2 Å². The molecule has 0 amide bonds. The molecule has 0 atom stereocenters. The van der Waals surface area contributed by atoms with E-state index in [-0.39, 0.29) is 11.3 Å². The summed E-state index contributed by atoms with van der Waals surface area (Å²) in [5, 5.41) is 0. The molecule has 0 saturated carbocycles. The van der Waals surface area contributed by atoms with Gasteiger partial charge in [-0.2, -0.15) is 0 Å². The number of alkyl halides is 2. The second-order valence-electron chi connectivity index (χ2n) is 4.59. The first kappa shape index (κ1) is 14.3. The molecule has 0 aromatic heterocycles. The second kappa shape index (κ2) is 6.37. The minimum absolute atomic E-state index is 0.137. The molecule has 2 aromatic rings. The van der Waals surface area contributed by atoms with Gasteiger partial charge < -0.3 is 10.5 Å². The number of hydrogen-bond acceptors (Lipinski definition) is 2. The number of aryl methyl sites for hydroxylation is 1. The summed E-state index contributed by atoms with van der Waals surface area (Å²) in [5.74, 6) is 0.675. The zero-order valence-electron chi connectivity index (χ0n) is 11.3. The maximum atomic E-state index is 12.9. The second-order valence-corrected chi connectivity index (χ2v) is 4.59. The Morgan fingerprint density at radius 2 is 1.80 bits per heavy atom. The zero-order chi connectivity index (χ0) is 14.5. The molecule has 0 fully saturated rings. The highest BCUT2D eigenvalue weighted by atomic mass is 19.3. The van der Waals surface area contributed by atoms with Crippen molar-refractivity contribution in [2.75, 3.05) is 5.73 Å². The molecule has 2 N–H and O–H groups in total. The van der Waals surface area contributed by atoms with Gasteiger partial charge in [0.2, 0.25) is 0 Å². The van der Waals surface area contributed by atoms with E-state index >= 15 is 0 Å². The first-order chi connectivity index (χ1) is 9.60. The first-order valence-corrected chi connectivity index (χ1v) is 6.54. The fourth-order valence-corrected chi connectivity index (χ4v) is 1.97. The van der Waals surface area contributed by atoms with E-state index in [4.69, 9.17) is 10.5 Å². The van der Waals surface area contributed by atoms with Gasteiger partial charge in [-0.1, -0.05) is 25.5 Å². The van der Waals surface area contributed by atoms with Gasteiger partial charge in [-0.25, -0.2) is 8.78 Å². The molecule has 0 spiro atoms. The SMILES string of the molecule is CCCc1ccc(Oc2ccc(N)cc2C(F)F)cc1. The Morgan fingerprint density at radius 1 is 1.10 bits per heavy atom. The van der Waals surface area contributed by atoms with Crippen LogP contribution in [0.25, 0.3) is 0 Å². The van der Waals surface area contributed by atoms with Gasteiger partial charge in [-0.05, 0) is 42.3 Å². The van der Waals surface area contributed by atoms with E-state index in [0.717, 1.165) is 12.8 Å². The number of hydrogen-bond donors (Lipinski definition) is 1. The van der Waals surface area contributed by atoms with Crippen LogP contribution in [0.1, 0.15) is 30.9 Å². The van der Waals surface area contributed by atoms with Crippen molar-refractivity contribution in [3.05, 3.63) is 53.6 Å². The van der Waals surface area contributed by atoms with Crippen molar-refractivity contribution in [2.24, 2.45) is 0 Å². The van der Waals surface area contributed by atoms with Crippen LogP contribution in [0.4, 0.5) is 14.5 Å². The molecule has 2 nitrogen and oxygen atoms in total. The Bertz CT molecular complexity index is 567. The number of nitrogen functional groups attached to an aromatic ring is 1. The molecule has 0 saturated heterocycles. The fraction of sp³-hybridized carbons (Fsp3) is 0.250. The number of nitrogens with two attached hydrogens (primary N) is 1. The molecule has 0 radical (unpaired) electrons. The third-order valence-corrected chi connectivity index (χ3v) is 2.96. The molecule has 2 aromatic carbocycles. The fourth-order valence-electron chi connectivity index (χ4n) is 1.97. The number of anilines is 1. The van der Waals surface area contributed by atoms with Gasteiger partial charge >= 0.3 is 0 Å². The van der Waals surface area contributed by atoms with Crippen molar-refractivity contribution >= 4 is 5.69 Å². The predicted octanol–water partition coefficient (Wildman–Crippen LogP) is 4.95. The summed E-state index contributed by atoms with van der Waals surface area (Å²) in [7, 11) is 0. The highest BCUT2D eigenvalue weighted by Gasteiger charge is 2.15. The van der Waals surface area contributed by atoms with E-state index in [9.17, 15) is 8.78 Å². The van der Waals surface area contributed by atoms with E-state index in [1.165, 1.54) is 17.7 Å². The van der Waals surface area contributed by atoms with Gasteiger partial charge in [0.25, 0.3) is 6.43 Å². The van der Waals surface area contributed by atoms with Gasteiger partial charge in [0, 0.05) is 5.69 Å². The highest BCUT2D eigenvalue weighted by molar-refractivity contribution is 5.49. The van der Waals surface area contributed by atoms with E-state index in [1.807, 2.05) is 12.1 Å². The molecule has 2 rings (SSSR count). The van der Waals surface area contributed by atoms with Gasteiger partial charge in [0.15, 0.2) is 0 Å². The van der Waals surface area contributed by atoms with Crippen LogP contribution in [0.2, 0.25) is 0 Å². The largest absolute Gasteiger partial charge is 0.457 e. The van der Waals surface area contributed by atoms with Crippen LogP contribution in [-0.4, -0.2) is 0 Å². The number of halogens is 2. The summed E-state index contributed by atoms with van der Waals surface area (Å²) >= 11 is 0. The van der Waals surface area contributed by atoms with Crippen molar-refractivity contribution in [3.8, 4) is 11.5 Å². The van der Waals surface area contributed by atoms with Crippen LogP contribution in [0.5, 0.6) is 11.5 Å². The van der Waals surface area contributed by atoms with Crippen LogP contribution in [0, 0.1) is 0 Å². The van der Waals surface area contributed by atoms with Crippen LogP contribution < -0.4 is 10.5 Å². The van der Waals surface area contributed by atoms with Crippen molar-refractivity contribution < 1.29 is 13.5 Å². The summed E-state index contributed by atoms with van der Waals surface area (Å²) in [6, 6.07) is 11.7. The molecule has 106 valence electrons. The number of ether oxygens (including phenoxy) is 1. The molecule has 4 heteroatoms. The van der Waals surface area contributed by atoms with Crippen molar-refractivity contribution in [2.45, 2.75) is 26.2 Å². The Morgan fingerprint density at radius 3 is 2.40 bits per heavy atom. The average Bonchev–Trinajstić information content (AvgIpc) is 2.43. The Labute approximate surface area is 117 Å². The molecule has 0 aliphatic heterocycles. The Kier molecular flexibility index (Phi) is 4.56. The minimum Gasteiger partial charge on any atom is -0.457 e. The number of rotatable bonds is 5. The molecule has 20 heavy (non-hydrogen) atoms. The maximum Gasteiger partial charge on any atom is 0.267 e. The molecular formula is C16H17F2NO. The molecule has 0 aliphatic carbocycles. The average molecular weight is 277 g/mol. The minimum atomic E-state index is -2.62. The van der Waals surface area contributed by atoms with E-state index in [1.54, 1.807) is 18.2 Å². The lowest BCUT2D eigenvalue weighted by molar-refractivity contribution is 0.148. The normalized spacial score (nSPS) is 10.8. The molecule has 0 heterocycles.